The number of hydrogen-bond acceptors (Lipinski definition) is 6. The Kier molecular flexibility index (Phi) is 6.64. The molecule has 6 heteroatoms. The summed E-state index contributed by atoms with van der Waals surface area (Å²) in [4.78, 5) is 23.6. The molecule has 4 unspecified atom stereocenters. The molecule has 0 amide bonds. The summed E-state index contributed by atoms with van der Waals surface area (Å²) in [7, 11) is 0. The molecule has 0 bridgehead atoms. The first-order valence-electron chi connectivity index (χ1n) is 8.38. The van der Waals surface area contributed by atoms with Crippen molar-refractivity contribution in [1.29, 1.82) is 0 Å². The Morgan fingerprint density at radius 3 is 1.64 bits per heavy atom. The first-order chi connectivity index (χ1) is 10.5. The van der Waals surface area contributed by atoms with Crippen LogP contribution in [0.2, 0.25) is 0 Å². The Morgan fingerprint density at radius 2 is 1.27 bits per heavy atom. The monoisotopic (exact) mass is 312 g/mol. The minimum absolute atomic E-state index is 0.0231. The van der Waals surface area contributed by atoms with E-state index < -0.39 is 0 Å². The van der Waals surface area contributed by atoms with Crippen molar-refractivity contribution >= 4 is 11.9 Å². The number of nitrogens with one attached hydrogen (secondary N) is 2. The number of rotatable bonds is 5. The van der Waals surface area contributed by atoms with Gasteiger partial charge in [-0.25, -0.2) is 0 Å². The maximum Gasteiger partial charge on any atom is 0.306 e. The second kappa shape index (κ2) is 8.48. The number of ether oxygens (including phenoxy) is 2. The molecule has 22 heavy (non-hydrogen) atoms. The second-order valence-electron chi connectivity index (χ2n) is 6.48. The van der Waals surface area contributed by atoms with Gasteiger partial charge in [0.05, 0.1) is 12.8 Å². The molecule has 4 atom stereocenters. The normalized spacial score (nSPS) is 32.3. The Bertz CT molecular complexity index is 352. The van der Waals surface area contributed by atoms with Crippen molar-refractivity contribution in [2.24, 2.45) is 0 Å². The van der Waals surface area contributed by atoms with Crippen LogP contribution in [0.25, 0.3) is 0 Å². The van der Waals surface area contributed by atoms with Crippen LogP contribution in [0.4, 0.5) is 0 Å². The van der Waals surface area contributed by atoms with Crippen LogP contribution < -0.4 is 10.6 Å². The average molecular weight is 312 g/mol. The molecule has 2 N–H and O–H groups in total. The molecule has 0 aromatic rings. The van der Waals surface area contributed by atoms with Crippen molar-refractivity contribution in [1.82, 2.24) is 10.6 Å². The first-order valence-corrected chi connectivity index (χ1v) is 8.38. The SMILES string of the molecule is CC1CC(OC(=O)CCC(=O)OC2CCNC(C)C2)CCN1. The van der Waals surface area contributed by atoms with Gasteiger partial charge < -0.3 is 20.1 Å². The Labute approximate surface area is 132 Å². The summed E-state index contributed by atoms with van der Waals surface area (Å²) >= 11 is 0. The van der Waals surface area contributed by atoms with Crippen molar-refractivity contribution in [2.45, 2.75) is 76.7 Å². The minimum atomic E-state index is -0.297. The predicted octanol–water partition coefficient (Wildman–Crippen LogP) is 1.13. The van der Waals surface area contributed by atoms with E-state index in [0.717, 1.165) is 38.8 Å². The maximum absolute atomic E-state index is 11.8. The summed E-state index contributed by atoms with van der Waals surface area (Å²) in [6.07, 6.45) is 3.53. The fraction of sp³-hybridized carbons (Fsp3) is 0.875. The van der Waals surface area contributed by atoms with Crippen molar-refractivity contribution < 1.29 is 19.1 Å². The molecule has 0 aliphatic carbocycles. The molecule has 2 aliphatic heterocycles. The van der Waals surface area contributed by atoms with Gasteiger partial charge in [0.25, 0.3) is 0 Å². The summed E-state index contributed by atoms with van der Waals surface area (Å²) in [5.41, 5.74) is 0. The lowest BCUT2D eigenvalue weighted by atomic mass is 10.0. The topological polar surface area (TPSA) is 76.7 Å². The summed E-state index contributed by atoms with van der Waals surface area (Å²) in [6, 6.07) is 0.747. The molecule has 126 valence electrons. The molecule has 6 nitrogen and oxygen atoms in total. The fourth-order valence-electron chi connectivity index (χ4n) is 3.08. The maximum atomic E-state index is 11.8. The number of piperidine rings is 2. The van der Waals surface area contributed by atoms with E-state index in [0.29, 0.717) is 12.1 Å². The van der Waals surface area contributed by atoms with Crippen molar-refractivity contribution in [3.8, 4) is 0 Å². The van der Waals surface area contributed by atoms with Crippen molar-refractivity contribution in [3.05, 3.63) is 0 Å². The van der Waals surface area contributed by atoms with E-state index in [1.165, 1.54) is 0 Å². The van der Waals surface area contributed by atoms with Gasteiger partial charge in [0.15, 0.2) is 0 Å². The fourth-order valence-corrected chi connectivity index (χ4v) is 3.08. The van der Waals surface area contributed by atoms with Gasteiger partial charge in [-0.05, 0) is 52.6 Å². The molecule has 0 aromatic heterocycles. The van der Waals surface area contributed by atoms with Crippen LogP contribution in [0.15, 0.2) is 0 Å². The summed E-state index contributed by atoms with van der Waals surface area (Å²) in [5.74, 6) is -0.593. The number of carbonyl (C=O) groups is 2. The zero-order chi connectivity index (χ0) is 15.9. The second-order valence-corrected chi connectivity index (χ2v) is 6.48. The highest BCUT2D eigenvalue weighted by atomic mass is 16.6. The summed E-state index contributed by atoms with van der Waals surface area (Å²) in [5, 5.41) is 6.63. The number of esters is 2. The van der Waals surface area contributed by atoms with Gasteiger partial charge in [-0.2, -0.15) is 0 Å². The van der Waals surface area contributed by atoms with Gasteiger partial charge in [0.2, 0.25) is 0 Å². The van der Waals surface area contributed by atoms with E-state index in [9.17, 15) is 9.59 Å². The highest BCUT2D eigenvalue weighted by Gasteiger charge is 2.24. The van der Waals surface area contributed by atoms with Gasteiger partial charge in [-0.3, -0.25) is 9.59 Å². The molecule has 2 rings (SSSR count). The highest BCUT2D eigenvalue weighted by Crippen LogP contribution is 2.15. The van der Waals surface area contributed by atoms with Gasteiger partial charge in [0.1, 0.15) is 12.2 Å². The third kappa shape index (κ3) is 5.93. The van der Waals surface area contributed by atoms with Crippen LogP contribution in [0.1, 0.15) is 52.4 Å². The van der Waals surface area contributed by atoms with Gasteiger partial charge in [0, 0.05) is 12.1 Å². The van der Waals surface area contributed by atoms with Gasteiger partial charge in [-0.15, -0.1) is 0 Å². The summed E-state index contributed by atoms with van der Waals surface area (Å²) < 4.78 is 10.8. The van der Waals surface area contributed by atoms with Crippen LogP contribution in [0.5, 0.6) is 0 Å². The first kappa shape index (κ1) is 17.2. The quantitative estimate of drug-likeness (QED) is 0.741. The van der Waals surface area contributed by atoms with Gasteiger partial charge >= 0.3 is 11.9 Å². The van der Waals surface area contributed by atoms with Crippen LogP contribution >= 0.6 is 0 Å². The molecule has 2 aliphatic rings. The molecular weight excluding hydrogens is 284 g/mol. The van der Waals surface area contributed by atoms with Crippen LogP contribution in [-0.2, 0) is 19.1 Å². The van der Waals surface area contributed by atoms with E-state index in [2.05, 4.69) is 24.5 Å². The number of carbonyl (C=O) groups excluding carboxylic acids is 2. The zero-order valence-electron chi connectivity index (χ0n) is 13.6. The van der Waals surface area contributed by atoms with Crippen LogP contribution in [0, 0.1) is 0 Å². The standard InChI is InChI=1S/C16H28N2O4/c1-11-9-13(5-7-17-11)21-15(19)3-4-16(20)22-14-6-8-18-12(2)10-14/h11-14,17-18H,3-10H2,1-2H3. The van der Waals surface area contributed by atoms with E-state index >= 15 is 0 Å². The molecule has 0 radical (unpaired) electrons. The number of hydrogen-bond donors (Lipinski definition) is 2. The lowest BCUT2D eigenvalue weighted by Gasteiger charge is -2.28. The lowest BCUT2D eigenvalue weighted by molar-refractivity contribution is -0.157. The highest BCUT2D eigenvalue weighted by molar-refractivity contribution is 5.77. The van der Waals surface area contributed by atoms with Crippen molar-refractivity contribution in [2.75, 3.05) is 13.1 Å². The molecule has 2 fully saturated rings. The summed E-state index contributed by atoms with van der Waals surface area (Å²) in [6.45, 7) is 5.90. The average Bonchev–Trinajstić information content (AvgIpc) is 2.45. The minimum Gasteiger partial charge on any atom is -0.462 e. The molecule has 2 heterocycles. The molecule has 0 aromatic carbocycles. The van der Waals surface area contributed by atoms with Crippen molar-refractivity contribution in [3.63, 3.8) is 0 Å². The Balaban J connectivity index is 1.62. The molecular formula is C16H28N2O4. The largest absolute Gasteiger partial charge is 0.462 e. The zero-order valence-corrected chi connectivity index (χ0v) is 13.6. The smallest absolute Gasteiger partial charge is 0.306 e. The third-order valence-electron chi connectivity index (χ3n) is 4.28. The van der Waals surface area contributed by atoms with Gasteiger partial charge in [-0.1, -0.05) is 0 Å². The van der Waals surface area contributed by atoms with E-state index in [-0.39, 0.29) is 37.0 Å². The van der Waals surface area contributed by atoms with Crippen LogP contribution in [-0.4, -0.2) is 49.3 Å². The third-order valence-corrected chi connectivity index (χ3v) is 4.28. The van der Waals surface area contributed by atoms with E-state index in [1.54, 1.807) is 0 Å². The lowest BCUT2D eigenvalue weighted by Crippen LogP contribution is -2.40. The predicted molar refractivity (Wildman–Crippen MR) is 82.4 cm³/mol. The molecule has 0 spiro atoms. The molecule has 2 saturated heterocycles. The van der Waals surface area contributed by atoms with E-state index in [1.807, 2.05) is 0 Å². The Morgan fingerprint density at radius 1 is 0.864 bits per heavy atom. The Hall–Kier alpha value is -1.14. The molecule has 0 saturated carbocycles. The van der Waals surface area contributed by atoms with Crippen LogP contribution in [0.3, 0.4) is 0 Å². The van der Waals surface area contributed by atoms with E-state index in [4.69, 9.17) is 9.47 Å².